The van der Waals surface area contributed by atoms with Crippen molar-refractivity contribution in [2.24, 2.45) is 0 Å². The summed E-state index contributed by atoms with van der Waals surface area (Å²) in [6.45, 7) is 3.80. The number of Topliss-reactive ketones (excluding diaryl/α,β-unsaturated/α-hetero) is 1. The first-order valence-corrected chi connectivity index (χ1v) is 11.6. The van der Waals surface area contributed by atoms with Gasteiger partial charge in [-0.05, 0) is 35.4 Å². The third-order valence-corrected chi connectivity index (χ3v) is 6.70. The van der Waals surface area contributed by atoms with E-state index in [1.165, 1.54) is 6.20 Å². The molecule has 0 saturated carbocycles. The van der Waals surface area contributed by atoms with E-state index in [-0.39, 0.29) is 30.0 Å². The molecule has 0 radical (unpaired) electrons. The van der Waals surface area contributed by atoms with Crippen molar-refractivity contribution in [1.29, 1.82) is 0 Å². The number of hydrogen-bond acceptors (Lipinski definition) is 5. The van der Waals surface area contributed by atoms with Gasteiger partial charge in [-0.2, -0.15) is 18.3 Å². The monoisotopic (exact) mass is 472 g/mol. The van der Waals surface area contributed by atoms with Crippen molar-refractivity contribution in [3.8, 4) is 0 Å². The van der Waals surface area contributed by atoms with Crippen LogP contribution >= 0.6 is 0 Å². The predicted molar refractivity (Wildman–Crippen MR) is 123 cm³/mol. The molecule has 1 fully saturated rings. The highest BCUT2D eigenvalue weighted by Crippen LogP contribution is 2.44. The Bertz CT molecular complexity index is 1170. The van der Waals surface area contributed by atoms with Crippen LogP contribution in [0.3, 0.4) is 0 Å². The average molecular weight is 473 g/mol. The van der Waals surface area contributed by atoms with Gasteiger partial charge in [0.2, 0.25) is 0 Å². The van der Waals surface area contributed by atoms with Crippen LogP contribution in [0.5, 0.6) is 0 Å². The number of hydrogen-bond donors (Lipinski definition) is 1. The SMILES string of the molecule is O=C(CCCN1CCOCC1)c1cnn2c1NC(c1ccc3ccccc3c1)CC2C(F)(F)F. The molecule has 1 aromatic heterocycles. The van der Waals surface area contributed by atoms with Crippen molar-refractivity contribution in [2.45, 2.75) is 37.5 Å². The minimum atomic E-state index is -4.48. The number of halogens is 3. The van der Waals surface area contributed by atoms with Gasteiger partial charge in [-0.15, -0.1) is 0 Å². The van der Waals surface area contributed by atoms with Crippen molar-refractivity contribution in [3.63, 3.8) is 0 Å². The van der Waals surface area contributed by atoms with Gasteiger partial charge >= 0.3 is 6.18 Å². The molecule has 1 saturated heterocycles. The maximum atomic E-state index is 14.0. The standard InChI is InChI=1S/C25H27F3N4O2/c26-25(27,28)23-15-21(19-8-7-17-4-1-2-5-18(17)14-19)30-24-20(16-29-32(23)24)22(33)6-3-9-31-10-12-34-13-11-31/h1-2,4-5,7-8,14,16,21,23,30H,3,6,9-13,15H2. The summed E-state index contributed by atoms with van der Waals surface area (Å²) in [6, 6.07) is 11.0. The number of morpholine rings is 1. The Hall–Kier alpha value is -2.91. The van der Waals surface area contributed by atoms with E-state index in [4.69, 9.17) is 4.74 Å². The molecule has 0 spiro atoms. The van der Waals surface area contributed by atoms with E-state index < -0.39 is 18.3 Å². The lowest BCUT2D eigenvalue weighted by Gasteiger charge is -2.34. The molecule has 2 aliphatic heterocycles. The van der Waals surface area contributed by atoms with Crippen LogP contribution in [0.4, 0.5) is 19.0 Å². The van der Waals surface area contributed by atoms with Crippen molar-refractivity contribution in [1.82, 2.24) is 14.7 Å². The lowest BCUT2D eigenvalue weighted by atomic mass is 9.94. The van der Waals surface area contributed by atoms with E-state index in [0.717, 1.165) is 40.7 Å². The second-order valence-electron chi connectivity index (χ2n) is 8.93. The van der Waals surface area contributed by atoms with Crippen LogP contribution in [0, 0.1) is 0 Å². The van der Waals surface area contributed by atoms with Gasteiger partial charge < -0.3 is 10.1 Å². The molecule has 2 aliphatic rings. The van der Waals surface area contributed by atoms with Gasteiger partial charge in [0.25, 0.3) is 0 Å². The number of ether oxygens (including phenoxy) is 1. The molecule has 6 nitrogen and oxygen atoms in total. The number of rotatable bonds is 6. The van der Waals surface area contributed by atoms with Crippen LogP contribution in [0.2, 0.25) is 0 Å². The molecule has 2 unspecified atom stereocenters. The predicted octanol–water partition coefficient (Wildman–Crippen LogP) is 4.99. The molecule has 0 bridgehead atoms. The van der Waals surface area contributed by atoms with Crippen LogP contribution in [-0.2, 0) is 4.74 Å². The van der Waals surface area contributed by atoms with E-state index in [0.29, 0.717) is 19.6 Å². The van der Waals surface area contributed by atoms with Gasteiger partial charge in [0.05, 0.1) is 31.0 Å². The Kier molecular flexibility index (Phi) is 6.31. The molecule has 0 amide bonds. The Morgan fingerprint density at radius 1 is 1.12 bits per heavy atom. The van der Waals surface area contributed by atoms with Gasteiger partial charge in [0, 0.05) is 25.9 Å². The molecule has 5 rings (SSSR count). The maximum Gasteiger partial charge on any atom is 0.410 e. The summed E-state index contributed by atoms with van der Waals surface area (Å²) in [7, 11) is 0. The third-order valence-electron chi connectivity index (χ3n) is 6.70. The molecule has 2 atom stereocenters. The number of anilines is 1. The number of aromatic nitrogens is 2. The van der Waals surface area contributed by atoms with Crippen LogP contribution < -0.4 is 5.32 Å². The van der Waals surface area contributed by atoms with Gasteiger partial charge in [0.15, 0.2) is 11.8 Å². The van der Waals surface area contributed by atoms with Gasteiger partial charge in [0.1, 0.15) is 5.82 Å². The number of fused-ring (bicyclic) bond motifs is 2. The fraction of sp³-hybridized carbons (Fsp3) is 0.440. The summed E-state index contributed by atoms with van der Waals surface area (Å²) in [4.78, 5) is 15.2. The first-order valence-electron chi connectivity index (χ1n) is 11.6. The number of carbonyl (C=O) groups excluding carboxylic acids is 1. The molecule has 9 heteroatoms. The summed E-state index contributed by atoms with van der Waals surface area (Å²) >= 11 is 0. The summed E-state index contributed by atoms with van der Waals surface area (Å²) in [5.74, 6) is -0.0369. The first-order chi connectivity index (χ1) is 16.4. The zero-order valence-electron chi connectivity index (χ0n) is 18.7. The molecule has 0 aliphatic carbocycles. The largest absolute Gasteiger partial charge is 0.410 e. The number of ketones is 1. The smallest absolute Gasteiger partial charge is 0.379 e. The Labute approximate surface area is 195 Å². The lowest BCUT2D eigenvalue weighted by Crippen LogP contribution is -2.37. The van der Waals surface area contributed by atoms with Crippen molar-refractivity contribution in [3.05, 3.63) is 59.8 Å². The van der Waals surface area contributed by atoms with Gasteiger partial charge in [-0.3, -0.25) is 9.69 Å². The molecule has 1 N–H and O–H groups in total. The molecule has 3 aromatic rings. The minimum absolute atomic E-state index is 0.156. The first kappa shape index (κ1) is 22.9. The van der Waals surface area contributed by atoms with Gasteiger partial charge in [-0.1, -0.05) is 36.4 Å². The Morgan fingerprint density at radius 2 is 1.88 bits per heavy atom. The van der Waals surface area contributed by atoms with E-state index >= 15 is 0 Å². The van der Waals surface area contributed by atoms with Crippen molar-refractivity contribution < 1.29 is 22.7 Å². The van der Waals surface area contributed by atoms with E-state index in [9.17, 15) is 18.0 Å². The fourth-order valence-electron chi connectivity index (χ4n) is 4.83. The number of benzene rings is 2. The fourth-order valence-corrected chi connectivity index (χ4v) is 4.83. The number of nitrogens with zero attached hydrogens (tertiary/aromatic N) is 3. The second-order valence-corrected chi connectivity index (χ2v) is 8.93. The average Bonchev–Trinajstić information content (AvgIpc) is 3.27. The quantitative estimate of drug-likeness (QED) is 0.512. The Balaban J connectivity index is 1.38. The van der Waals surface area contributed by atoms with E-state index in [1.54, 1.807) is 0 Å². The highest BCUT2D eigenvalue weighted by atomic mass is 19.4. The lowest BCUT2D eigenvalue weighted by molar-refractivity contribution is -0.173. The van der Waals surface area contributed by atoms with Crippen LogP contribution in [0.15, 0.2) is 48.7 Å². The summed E-state index contributed by atoms with van der Waals surface area (Å²) in [5, 5.41) is 9.18. The van der Waals surface area contributed by atoms with Crippen molar-refractivity contribution >= 4 is 22.4 Å². The highest BCUT2D eigenvalue weighted by molar-refractivity contribution is 6.00. The van der Waals surface area contributed by atoms with Crippen molar-refractivity contribution in [2.75, 3.05) is 38.2 Å². The van der Waals surface area contributed by atoms with E-state index in [2.05, 4.69) is 15.3 Å². The summed E-state index contributed by atoms with van der Waals surface area (Å²) in [6.07, 6.45) is -2.49. The molecule has 34 heavy (non-hydrogen) atoms. The summed E-state index contributed by atoms with van der Waals surface area (Å²) < 4.78 is 48.2. The van der Waals surface area contributed by atoms with Crippen LogP contribution in [0.1, 0.15) is 47.3 Å². The normalized spacial score (nSPS) is 21.3. The molecular formula is C25H27F3N4O2. The molecular weight excluding hydrogens is 445 g/mol. The van der Waals surface area contributed by atoms with Crippen LogP contribution in [-0.4, -0.2) is 59.5 Å². The summed E-state index contributed by atoms with van der Waals surface area (Å²) in [5.41, 5.74) is 0.979. The number of carbonyl (C=O) groups is 1. The minimum Gasteiger partial charge on any atom is -0.379 e. The van der Waals surface area contributed by atoms with Gasteiger partial charge in [-0.25, -0.2) is 4.68 Å². The number of alkyl halides is 3. The van der Waals surface area contributed by atoms with Crippen LogP contribution in [0.25, 0.3) is 10.8 Å². The third kappa shape index (κ3) is 4.67. The molecule has 180 valence electrons. The number of nitrogens with one attached hydrogen (secondary N) is 1. The second kappa shape index (κ2) is 9.38. The Morgan fingerprint density at radius 3 is 2.65 bits per heavy atom. The highest BCUT2D eigenvalue weighted by Gasteiger charge is 2.47. The zero-order chi connectivity index (χ0) is 23.7. The maximum absolute atomic E-state index is 14.0. The zero-order valence-corrected chi connectivity index (χ0v) is 18.7. The van der Waals surface area contributed by atoms with E-state index in [1.807, 2.05) is 42.5 Å². The topological polar surface area (TPSA) is 59.4 Å². The molecule has 2 aromatic carbocycles. The molecule has 3 heterocycles.